The van der Waals surface area contributed by atoms with Crippen LogP contribution >= 0.6 is 11.3 Å². The zero-order chi connectivity index (χ0) is 18.5. The van der Waals surface area contributed by atoms with E-state index in [0.717, 1.165) is 64.8 Å². The smallest absolute Gasteiger partial charge is 0.264 e. The lowest BCUT2D eigenvalue weighted by atomic mass is 10.2. The average Bonchev–Trinajstić information content (AvgIpc) is 3.39. The van der Waals surface area contributed by atoms with Crippen LogP contribution in [-0.2, 0) is 20.0 Å². The first-order chi connectivity index (χ1) is 13.1. The normalized spacial score (nSPS) is 20.2. The number of aryl methyl sites for hydroxylation is 3. The van der Waals surface area contributed by atoms with Crippen LogP contribution in [0.4, 0.5) is 0 Å². The van der Waals surface area contributed by atoms with Crippen LogP contribution in [0, 0.1) is 6.92 Å². The molecule has 3 aromatic rings. The molecule has 1 unspecified atom stereocenters. The molecular formula is C19H24N6OS. The van der Waals surface area contributed by atoms with Crippen LogP contribution in [0.5, 0.6) is 0 Å². The van der Waals surface area contributed by atoms with Gasteiger partial charge in [0.1, 0.15) is 10.7 Å². The van der Waals surface area contributed by atoms with Gasteiger partial charge >= 0.3 is 0 Å². The number of thiophene rings is 1. The summed E-state index contributed by atoms with van der Waals surface area (Å²) in [6, 6.07) is 2.05. The number of amides is 1. The van der Waals surface area contributed by atoms with E-state index >= 15 is 0 Å². The summed E-state index contributed by atoms with van der Waals surface area (Å²) in [6.45, 7) is 3.76. The molecule has 27 heavy (non-hydrogen) atoms. The molecule has 1 atom stereocenters. The van der Waals surface area contributed by atoms with Gasteiger partial charge in [0.15, 0.2) is 5.82 Å². The van der Waals surface area contributed by atoms with Crippen LogP contribution < -0.4 is 0 Å². The Kier molecular flexibility index (Phi) is 4.03. The maximum absolute atomic E-state index is 13.3. The first-order valence-electron chi connectivity index (χ1n) is 9.79. The second-order valence-corrected chi connectivity index (χ2v) is 8.66. The summed E-state index contributed by atoms with van der Waals surface area (Å²) in [5.41, 5.74) is 0.976. The first-order valence-corrected chi connectivity index (χ1v) is 10.6. The van der Waals surface area contributed by atoms with Crippen LogP contribution in [0.3, 0.4) is 0 Å². The van der Waals surface area contributed by atoms with E-state index in [9.17, 15) is 4.79 Å². The van der Waals surface area contributed by atoms with Crippen molar-refractivity contribution in [3.63, 3.8) is 0 Å². The van der Waals surface area contributed by atoms with E-state index in [0.29, 0.717) is 0 Å². The summed E-state index contributed by atoms with van der Waals surface area (Å²) in [7, 11) is 1.93. The van der Waals surface area contributed by atoms with Crippen LogP contribution in [0.1, 0.15) is 65.2 Å². The molecule has 2 aliphatic heterocycles. The molecule has 0 spiro atoms. The van der Waals surface area contributed by atoms with Crippen LogP contribution in [0.2, 0.25) is 0 Å². The number of nitrogens with zero attached hydrogens (tertiary/aromatic N) is 6. The van der Waals surface area contributed by atoms with Crippen molar-refractivity contribution in [1.82, 2.24) is 29.4 Å². The van der Waals surface area contributed by atoms with E-state index in [2.05, 4.69) is 19.9 Å². The molecule has 2 aliphatic rings. The number of carbonyl (C=O) groups is 1. The number of hydrogen-bond donors (Lipinski definition) is 0. The molecule has 1 saturated heterocycles. The van der Waals surface area contributed by atoms with Crippen LogP contribution in [0.15, 0.2) is 6.07 Å². The van der Waals surface area contributed by atoms with Gasteiger partial charge in [-0.1, -0.05) is 6.42 Å². The van der Waals surface area contributed by atoms with E-state index in [1.165, 1.54) is 30.6 Å². The average molecular weight is 385 g/mol. The lowest BCUT2D eigenvalue weighted by Gasteiger charge is -2.24. The van der Waals surface area contributed by atoms with Crippen LogP contribution in [0.25, 0.3) is 10.2 Å². The quantitative estimate of drug-likeness (QED) is 0.680. The third kappa shape index (κ3) is 2.69. The Morgan fingerprint density at radius 1 is 1.19 bits per heavy atom. The number of hydrogen-bond acceptors (Lipinski definition) is 5. The van der Waals surface area contributed by atoms with E-state index in [-0.39, 0.29) is 11.9 Å². The molecule has 0 aromatic carbocycles. The van der Waals surface area contributed by atoms with Crippen molar-refractivity contribution in [3.8, 4) is 0 Å². The van der Waals surface area contributed by atoms with Gasteiger partial charge in [0.2, 0.25) is 0 Å². The zero-order valence-corrected chi connectivity index (χ0v) is 16.6. The van der Waals surface area contributed by atoms with Crippen molar-refractivity contribution in [3.05, 3.63) is 28.3 Å². The summed E-state index contributed by atoms with van der Waals surface area (Å²) in [5.74, 6) is 2.19. The lowest BCUT2D eigenvalue weighted by molar-refractivity contribution is 0.0732. The Morgan fingerprint density at radius 2 is 2.07 bits per heavy atom. The van der Waals surface area contributed by atoms with Crippen molar-refractivity contribution >= 4 is 27.5 Å². The first kappa shape index (κ1) is 16.9. The third-order valence-electron chi connectivity index (χ3n) is 5.86. The number of fused-ring (bicyclic) bond motifs is 2. The van der Waals surface area contributed by atoms with Gasteiger partial charge in [-0.25, -0.2) is 0 Å². The third-order valence-corrected chi connectivity index (χ3v) is 7.05. The minimum Gasteiger partial charge on any atom is -0.328 e. The van der Waals surface area contributed by atoms with Gasteiger partial charge in [0, 0.05) is 31.9 Å². The van der Waals surface area contributed by atoms with Gasteiger partial charge in [-0.05, 0) is 38.7 Å². The van der Waals surface area contributed by atoms with Gasteiger partial charge < -0.3 is 9.47 Å². The van der Waals surface area contributed by atoms with E-state index < -0.39 is 0 Å². The molecular weight excluding hydrogens is 360 g/mol. The Morgan fingerprint density at radius 3 is 2.93 bits per heavy atom. The second-order valence-electron chi connectivity index (χ2n) is 7.63. The molecule has 1 fully saturated rings. The zero-order valence-electron chi connectivity index (χ0n) is 15.8. The highest BCUT2D eigenvalue weighted by molar-refractivity contribution is 7.20. The standard InChI is InChI=1S/C19H24N6OS/c1-12-13-11-15(27-19(13)23(2)22-12)18(26)24-10-6-7-14(24)17-21-20-16-8-4-3-5-9-25(16)17/h11,14H,3-10H2,1-2H3. The molecule has 8 heteroatoms. The van der Waals surface area contributed by atoms with Gasteiger partial charge in [0.25, 0.3) is 5.91 Å². The largest absolute Gasteiger partial charge is 0.328 e. The predicted molar refractivity (Wildman–Crippen MR) is 104 cm³/mol. The van der Waals surface area contributed by atoms with Gasteiger partial charge in [0.05, 0.1) is 16.6 Å². The highest BCUT2D eigenvalue weighted by Gasteiger charge is 2.35. The Balaban J connectivity index is 1.48. The van der Waals surface area contributed by atoms with Crippen LogP contribution in [-0.4, -0.2) is 41.9 Å². The molecule has 5 rings (SSSR count). The van der Waals surface area contributed by atoms with Crippen molar-refractivity contribution in [2.24, 2.45) is 7.05 Å². The van der Waals surface area contributed by atoms with Crippen molar-refractivity contribution in [2.75, 3.05) is 6.54 Å². The van der Waals surface area contributed by atoms with Gasteiger partial charge in [-0.2, -0.15) is 5.10 Å². The minimum absolute atomic E-state index is 0.0429. The van der Waals surface area contributed by atoms with Crippen molar-refractivity contribution in [2.45, 2.75) is 58.0 Å². The SMILES string of the molecule is Cc1nn(C)c2sc(C(=O)N3CCCC3c3nnc4n3CCCCC4)cc12. The van der Waals surface area contributed by atoms with Crippen molar-refractivity contribution < 1.29 is 4.79 Å². The molecule has 142 valence electrons. The summed E-state index contributed by atoms with van der Waals surface area (Å²) >= 11 is 1.54. The number of carbonyl (C=O) groups excluding carboxylic acids is 1. The fraction of sp³-hybridized carbons (Fsp3) is 0.579. The number of aromatic nitrogens is 5. The molecule has 0 radical (unpaired) electrons. The lowest BCUT2D eigenvalue weighted by Crippen LogP contribution is -2.31. The predicted octanol–water partition coefficient (Wildman–Crippen LogP) is 3.24. The Bertz CT molecular complexity index is 981. The maximum Gasteiger partial charge on any atom is 0.264 e. The molecule has 5 heterocycles. The van der Waals surface area contributed by atoms with Gasteiger partial charge in [-0.15, -0.1) is 21.5 Å². The van der Waals surface area contributed by atoms with E-state index in [1.54, 1.807) is 0 Å². The molecule has 7 nitrogen and oxygen atoms in total. The van der Waals surface area contributed by atoms with Gasteiger partial charge in [-0.3, -0.25) is 9.48 Å². The number of likely N-dealkylation sites (tertiary alicyclic amines) is 1. The molecule has 1 amide bonds. The number of rotatable bonds is 2. The van der Waals surface area contributed by atoms with E-state index in [1.807, 2.05) is 29.6 Å². The molecule has 0 N–H and O–H groups in total. The topological polar surface area (TPSA) is 68.8 Å². The fourth-order valence-electron chi connectivity index (χ4n) is 4.48. The highest BCUT2D eigenvalue weighted by Crippen LogP contribution is 2.36. The molecule has 0 aliphatic carbocycles. The highest BCUT2D eigenvalue weighted by atomic mass is 32.1. The molecule has 3 aromatic heterocycles. The summed E-state index contributed by atoms with van der Waals surface area (Å²) in [4.78, 5) is 17.2. The second kappa shape index (κ2) is 6.44. The minimum atomic E-state index is 0.0429. The summed E-state index contributed by atoms with van der Waals surface area (Å²) in [5, 5.41) is 14.5. The Hall–Kier alpha value is -2.22. The fourth-order valence-corrected chi connectivity index (χ4v) is 5.56. The maximum atomic E-state index is 13.3. The molecule has 0 saturated carbocycles. The van der Waals surface area contributed by atoms with Crippen molar-refractivity contribution in [1.29, 1.82) is 0 Å². The summed E-state index contributed by atoms with van der Waals surface area (Å²) in [6.07, 6.45) is 6.57. The Labute approximate surface area is 162 Å². The summed E-state index contributed by atoms with van der Waals surface area (Å²) < 4.78 is 4.15. The monoisotopic (exact) mass is 384 g/mol. The molecule has 0 bridgehead atoms. The van der Waals surface area contributed by atoms with E-state index in [4.69, 9.17) is 0 Å².